The van der Waals surface area contributed by atoms with E-state index in [9.17, 15) is 13.5 Å². The van der Waals surface area contributed by atoms with E-state index in [1.54, 1.807) is 61.8 Å². The fraction of sp³-hybridized carbons (Fsp3) is 0.0870. The summed E-state index contributed by atoms with van der Waals surface area (Å²) in [5, 5.41) is 26.2. The highest BCUT2D eigenvalue weighted by molar-refractivity contribution is 7.89. The Hall–Kier alpha value is -3.57. The van der Waals surface area contributed by atoms with Crippen molar-refractivity contribution in [2.24, 2.45) is 10.3 Å². The van der Waals surface area contributed by atoms with Gasteiger partial charge < -0.3 is 10.4 Å². The van der Waals surface area contributed by atoms with Crippen LogP contribution in [0, 0.1) is 0 Å². The van der Waals surface area contributed by atoms with Crippen LogP contribution in [0.5, 0.6) is 0 Å². The molecular formula is C23H19ClN6O3S. The lowest BCUT2D eigenvalue weighted by Crippen LogP contribution is -2.46. The maximum absolute atomic E-state index is 13.0. The number of anilines is 3. The second kappa shape index (κ2) is 8.33. The molecule has 0 spiro atoms. The molecule has 9 nitrogen and oxygen atoms in total. The fourth-order valence-corrected chi connectivity index (χ4v) is 5.12. The molecule has 0 saturated heterocycles. The minimum Gasteiger partial charge on any atom is -0.351 e. The van der Waals surface area contributed by atoms with Crippen molar-refractivity contribution >= 4 is 49.6 Å². The summed E-state index contributed by atoms with van der Waals surface area (Å²) < 4.78 is 28.4. The molecule has 0 fully saturated rings. The van der Waals surface area contributed by atoms with Crippen LogP contribution in [0.3, 0.4) is 0 Å². The summed E-state index contributed by atoms with van der Waals surface area (Å²) in [4.78, 5) is 4.40. The monoisotopic (exact) mass is 494 g/mol. The average molecular weight is 495 g/mol. The quantitative estimate of drug-likeness (QED) is 0.351. The minimum atomic E-state index is -4.14. The van der Waals surface area contributed by atoms with Gasteiger partial charge in [0.2, 0.25) is 10.0 Å². The highest BCUT2D eigenvalue weighted by Gasteiger charge is 2.42. The third-order valence-corrected chi connectivity index (χ3v) is 7.06. The number of aromatic nitrogens is 1. The van der Waals surface area contributed by atoms with Crippen LogP contribution in [0.2, 0.25) is 5.02 Å². The molecule has 0 bridgehead atoms. The molecule has 5 rings (SSSR count). The number of rotatable bonds is 5. The zero-order chi connectivity index (χ0) is 23.9. The van der Waals surface area contributed by atoms with Gasteiger partial charge in [-0.15, -0.1) is 5.11 Å². The Morgan fingerprint density at radius 3 is 2.62 bits per heavy atom. The summed E-state index contributed by atoms with van der Waals surface area (Å²) in [6.45, 7) is 0. The van der Waals surface area contributed by atoms with E-state index >= 15 is 0 Å². The molecule has 1 aliphatic rings. The fourth-order valence-electron chi connectivity index (χ4n) is 3.80. The van der Waals surface area contributed by atoms with Crippen molar-refractivity contribution in [3.63, 3.8) is 0 Å². The van der Waals surface area contributed by atoms with Crippen molar-refractivity contribution in [1.82, 2.24) is 9.71 Å². The normalized spacial score (nSPS) is 17.6. The summed E-state index contributed by atoms with van der Waals surface area (Å²) in [7, 11) is -2.50. The van der Waals surface area contributed by atoms with Gasteiger partial charge in [-0.25, -0.2) is 18.4 Å². The topological polar surface area (TPSA) is 119 Å². The third kappa shape index (κ3) is 3.97. The maximum atomic E-state index is 13.0. The number of benzene rings is 3. The van der Waals surface area contributed by atoms with Crippen LogP contribution < -0.4 is 15.0 Å². The van der Waals surface area contributed by atoms with Crippen LogP contribution in [-0.2, 0) is 15.9 Å². The average Bonchev–Trinajstić information content (AvgIpc) is 2.82. The second-order valence-electron chi connectivity index (χ2n) is 7.65. The van der Waals surface area contributed by atoms with Gasteiger partial charge in [0.15, 0.2) is 0 Å². The van der Waals surface area contributed by atoms with Crippen LogP contribution >= 0.6 is 11.6 Å². The number of sulfonamides is 1. The number of aliphatic hydroxyl groups is 1. The maximum Gasteiger partial charge on any atom is 0.278 e. The van der Waals surface area contributed by atoms with Crippen LogP contribution in [-0.4, -0.2) is 25.6 Å². The number of nitrogens with one attached hydrogen (secondary N) is 2. The molecule has 0 aliphatic carbocycles. The molecule has 172 valence electrons. The van der Waals surface area contributed by atoms with Crippen LogP contribution in [0.1, 0.15) is 5.56 Å². The van der Waals surface area contributed by atoms with E-state index < -0.39 is 15.9 Å². The van der Waals surface area contributed by atoms with Crippen molar-refractivity contribution in [1.29, 1.82) is 0 Å². The SMILES string of the molecule is CN1N=NC(O)(NS(=O)(=O)c2ccccc2)c2c(Nc3nccc4ccc(Cl)cc34)cccc21. The molecule has 1 unspecified atom stereocenters. The van der Waals surface area contributed by atoms with Gasteiger partial charge in [0, 0.05) is 23.7 Å². The van der Waals surface area contributed by atoms with Crippen LogP contribution in [0.25, 0.3) is 10.8 Å². The summed E-state index contributed by atoms with van der Waals surface area (Å²) in [5.74, 6) is -1.89. The first kappa shape index (κ1) is 22.2. The summed E-state index contributed by atoms with van der Waals surface area (Å²) >= 11 is 6.20. The Bertz CT molecular complexity index is 1530. The molecular weight excluding hydrogens is 476 g/mol. The molecule has 1 atom stereocenters. The predicted molar refractivity (Wildman–Crippen MR) is 130 cm³/mol. The summed E-state index contributed by atoms with van der Waals surface area (Å²) in [6, 6.07) is 20.2. The third-order valence-electron chi connectivity index (χ3n) is 5.37. The molecule has 3 N–H and O–H groups in total. The van der Waals surface area contributed by atoms with E-state index in [1.165, 1.54) is 17.1 Å². The molecule has 4 aromatic rings. The molecule has 0 saturated carbocycles. The van der Waals surface area contributed by atoms with Gasteiger partial charge in [0.1, 0.15) is 5.82 Å². The summed E-state index contributed by atoms with van der Waals surface area (Å²) in [5.41, 5.74) is 1.02. The van der Waals surface area contributed by atoms with E-state index in [4.69, 9.17) is 11.6 Å². The van der Waals surface area contributed by atoms with Gasteiger partial charge in [-0.1, -0.05) is 47.2 Å². The molecule has 0 amide bonds. The first-order valence-electron chi connectivity index (χ1n) is 10.2. The van der Waals surface area contributed by atoms with Crippen LogP contribution in [0.4, 0.5) is 17.2 Å². The molecule has 34 heavy (non-hydrogen) atoms. The van der Waals surface area contributed by atoms with Crippen molar-refractivity contribution < 1.29 is 13.5 Å². The second-order valence-corrected chi connectivity index (χ2v) is 9.77. The van der Waals surface area contributed by atoms with E-state index in [0.29, 0.717) is 22.2 Å². The number of fused-ring (bicyclic) bond motifs is 2. The van der Waals surface area contributed by atoms with Crippen molar-refractivity contribution in [2.75, 3.05) is 17.4 Å². The lowest BCUT2D eigenvalue weighted by atomic mass is 10.0. The summed E-state index contributed by atoms with van der Waals surface area (Å²) in [6.07, 6.45) is 1.64. The Balaban J connectivity index is 1.62. The van der Waals surface area contributed by atoms with Crippen molar-refractivity contribution in [3.05, 3.63) is 89.6 Å². The van der Waals surface area contributed by atoms with Gasteiger partial charge in [-0.2, -0.15) is 4.72 Å². The molecule has 1 aliphatic heterocycles. The number of pyridine rings is 1. The standard InChI is InChI=1S/C23H19ClN6O3S/c1-30-20-9-5-8-19(26-22-18-14-16(24)11-10-15(18)12-13-25-22)21(20)23(31,27-29-30)28-34(32,33)17-6-3-2-4-7-17/h2-14,28,31H,1H3,(H,25,26). The number of hydrogen-bond donors (Lipinski definition) is 3. The molecule has 11 heteroatoms. The van der Waals surface area contributed by atoms with E-state index in [0.717, 1.165) is 10.8 Å². The number of halogens is 1. The van der Waals surface area contributed by atoms with Gasteiger partial charge in [-0.05, 0) is 47.9 Å². The molecule has 3 aromatic carbocycles. The van der Waals surface area contributed by atoms with E-state index in [1.807, 2.05) is 12.1 Å². The van der Waals surface area contributed by atoms with Crippen molar-refractivity contribution in [2.45, 2.75) is 10.7 Å². The van der Waals surface area contributed by atoms with Gasteiger partial charge in [0.25, 0.3) is 5.85 Å². The Morgan fingerprint density at radius 1 is 1.03 bits per heavy atom. The first-order chi connectivity index (χ1) is 16.3. The lowest BCUT2D eigenvalue weighted by molar-refractivity contribution is 0.0233. The molecule has 0 radical (unpaired) electrons. The van der Waals surface area contributed by atoms with Crippen LogP contribution in [0.15, 0.2) is 94.2 Å². The zero-order valence-corrected chi connectivity index (χ0v) is 19.4. The van der Waals surface area contributed by atoms with Gasteiger partial charge >= 0.3 is 0 Å². The van der Waals surface area contributed by atoms with Gasteiger partial charge in [0.05, 0.1) is 21.8 Å². The van der Waals surface area contributed by atoms with Crippen molar-refractivity contribution in [3.8, 4) is 0 Å². The predicted octanol–water partition coefficient (Wildman–Crippen LogP) is 4.53. The van der Waals surface area contributed by atoms with E-state index in [-0.39, 0.29) is 10.5 Å². The Morgan fingerprint density at radius 2 is 1.82 bits per heavy atom. The number of hydrogen-bond acceptors (Lipinski definition) is 8. The zero-order valence-electron chi connectivity index (χ0n) is 17.8. The van der Waals surface area contributed by atoms with E-state index in [2.05, 4.69) is 25.4 Å². The Labute approximate surface area is 200 Å². The smallest absolute Gasteiger partial charge is 0.278 e. The first-order valence-corrected chi connectivity index (χ1v) is 12.1. The Kier molecular flexibility index (Phi) is 5.45. The number of nitrogens with zero attached hydrogens (tertiary/aromatic N) is 4. The lowest BCUT2D eigenvalue weighted by Gasteiger charge is -2.33. The highest BCUT2D eigenvalue weighted by atomic mass is 35.5. The molecule has 1 aromatic heterocycles. The molecule has 2 heterocycles. The van der Waals surface area contributed by atoms with Gasteiger partial charge in [-0.3, -0.25) is 0 Å². The largest absolute Gasteiger partial charge is 0.351 e. The highest BCUT2D eigenvalue weighted by Crippen LogP contribution is 2.42. The minimum absolute atomic E-state index is 0.0186.